The van der Waals surface area contributed by atoms with Crippen LogP contribution in [0.5, 0.6) is 0 Å². The number of carbonyl (C=O) groups is 1. The first-order valence-corrected chi connectivity index (χ1v) is 7.19. The Hall–Kier alpha value is -2.38. The van der Waals surface area contributed by atoms with Crippen molar-refractivity contribution in [2.45, 2.75) is 38.0 Å². The van der Waals surface area contributed by atoms with Crippen LogP contribution in [-0.2, 0) is 7.05 Å². The van der Waals surface area contributed by atoms with Gasteiger partial charge in [-0.15, -0.1) is 0 Å². The van der Waals surface area contributed by atoms with Crippen molar-refractivity contribution in [3.63, 3.8) is 0 Å². The molecule has 8 heteroatoms. The number of H-pyrrole nitrogens is 1. The second kappa shape index (κ2) is 5.94. The van der Waals surface area contributed by atoms with Gasteiger partial charge in [0, 0.05) is 24.7 Å². The van der Waals surface area contributed by atoms with E-state index in [0.29, 0.717) is 17.7 Å². The number of anilines is 2. The van der Waals surface area contributed by atoms with Gasteiger partial charge in [0.25, 0.3) is 0 Å². The quantitative estimate of drug-likeness (QED) is 0.806. The van der Waals surface area contributed by atoms with Crippen LogP contribution in [0.3, 0.4) is 0 Å². The minimum atomic E-state index is -0.382. The van der Waals surface area contributed by atoms with Gasteiger partial charge in [-0.25, -0.2) is 9.48 Å². The highest BCUT2D eigenvalue weighted by Gasteiger charge is 2.18. The molecule has 1 saturated carbocycles. The summed E-state index contributed by atoms with van der Waals surface area (Å²) < 4.78 is 1.48. The van der Waals surface area contributed by atoms with Crippen LogP contribution >= 0.6 is 0 Å². The summed E-state index contributed by atoms with van der Waals surface area (Å²) >= 11 is 0. The topological polar surface area (TPSA) is 101 Å². The first kappa shape index (κ1) is 13.6. The Bertz CT molecular complexity index is 612. The van der Waals surface area contributed by atoms with Crippen LogP contribution < -0.4 is 10.6 Å². The lowest BCUT2D eigenvalue weighted by Crippen LogP contribution is -2.21. The number of rotatable bonds is 3. The molecule has 0 spiro atoms. The number of urea groups is 1. The fraction of sp³-hybridized carbons (Fsp3) is 0.538. The van der Waals surface area contributed by atoms with Crippen LogP contribution in [0.15, 0.2) is 12.4 Å². The van der Waals surface area contributed by atoms with E-state index in [4.69, 9.17) is 0 Å². The van der Waals surface area contributed by atoms with E-state index < -0.39 is 0 Å². The fourth-order valence-corrected chi connectivity index (χ4v) is 2.68. The average Bonchev–Trinajstić information content (AvgIpc) is 3.10. The zero-order valence-electron chi connectivity index (χ0n) is 12.0. The molecule has 8 nitrogen and oxygen atoms in total. The van der Waals surface area contributed by atoms with Gasteiger partial charge in [-0.3, -0.25) is 15.7 Å². The number of amides is 2. The molecule has 2 amide bonds. The van der Waals surface area contributed by atoms with E-state index in [2.05, 4.69) is 30.9 Å². The maximum absolute atomic E-state index is 11.9. The summed E-state index contributed by atoms with van der Waals surface area (Å²) in [6.07, 6.45) is 7.60. The summed E-state index contributed by atoms with van der Waals surface area (Å²) in [6.45, 7) is 0. The average molecular weight is 289 g/mol. The number of aromatic amines is 1. The monoisotopic (exact) mass is 289 g/mol. The molecular formula is C13H19N7O. The maximum atomic E-state index is 11.9. The van der Waals surface area contributed by atoms with Crippen molar-refractivity contribution >= 4 is 17.8 Å². The molecule has 0 radical (unpaired) electrons. The summed E-state index contributed by atoms with van der Waals surface area (Å²) in [7, 11) is 1.71. The molecule has 3 N–H and O–H groups in total. The lowest BCUT2D eigenvalue weighted by molar-refractivity contribution is 0.262. The summed E-state index contributed by atoms with van der Waals surface area (Å²) in [5.74, 6) is 1.44. The van der Waals surface area contributed by atoms with E-state index in [1.54, 1.807) is 7.05 Å². The van der Waals surface area contributed by atoms with Crippen LogP contribution in [0.1, 0.15) is 43.7 Å². The van der Waals surface area contributed by atoms with E-state index in [0.717, 1.165) is 5.69 Å². The maximum Gasteiger partial charge on any atom is 0.327 e. The number of nitrogens with one attached hydrogen (secondary N) is 3. The Balaban J connectivity index is 1.59. The molecule has 2 heterocycles. The second-order valence-corrected chi connectivity index (χ2v) is 5.33. The van der Waals surface area contributed by atoms with Crippen molar-refractivity contribution in [2.75, 3.05) is 10.6 Å². The lowest BCUT2D eigenvalue weighted by Gasteiger charge is -2.19. The predicted octanol–water partition coefficient (Wildman–Crippen LogP) is 2.23. The van der Waals surface area contributed by atoms with Crippen molar-refractivity contribution in [3.8, 4) is 0 Å². The molecule has 0 saturated heterocycles. The number of carbonyl (C=O) groups excluding carboxylic acids is 1. The normalized spacial score (nSPS) is 15.9. The Morgan fingerprint density at radius 2 is 2.14 bits per heavy atom. The van der Waals surface area contributed by atoms with Crippen molar-refractivity contribution in [3.05, 3.63) is 18.1 Å². The minimum absolute atomic E-state index is 0.382. The molecule has 0 atom stereocenters. The molecule has 0 aliphatic heterocycles. The highest BCUT2D eigenvalue weighted by atomic mass is 16.2. The third-order valence-electron chi connectivity index (χ3n) is 3.82. The van der Waals surface area contributed by atoms with Gasteiger partial charge in [0.15, 0.2) is 5.82 Å². The van der Waals surface area contributed by atoms with Crippen LogP contribution in [0.25, 0.3) is 0 Å². The van der Waals surface area contributed by atoms with E-state index in [9.17, 15) is 4.79 Å². The molecule has 112 valence electrons. The zero-order valence-corrected chi connectivity index (χ0v) is 12.0. The van der Waals surface area contributed by atoms with Gasteiger partial charge >= 0.3 is 6.03 Å². The summed E-state index contributed by atoms with van der Waals surface area (Å²) in [5, 5.41) is 16.4. The lowest BCUT2D eigenvalue weighted by atomic mass is 9.87. The molecular weight excluding hydrogens is 270 g/mol. The number of aromatic nitrogens is 5. The molecule has 1 aliphatic rings. The first-order valence-electron chi connectivity index (χ1n) is 7.19. The molecule has 3 rings (SSSR count). The van der Waals surface area contributed by atoms with Gasteiger partial charge in [-0.1, -0.05) is 19.3 Å². The van der Waals surface area contributed by atoms with Crippen LogP contribution in [0.4, 0.5) is 16.6 Å². The standard InChI is InChI=1S/C13H19N7O/c1-20-12(14-8-15-20)17-13(21)16-11-7-10(18-19-11)9-5-3-2-4-6-9/h7-9H,2-6H2,1H3,(H3,14,15,16,17,18,19,21). The summed E-state index contributed by atoms with van der Waals surface area (Å²) in [4.78, 5) is 15.8. The smallest absolute Gasteiger partial charge is 0.291 e. The van der Waals surface area contributed by atoms with Gasteiger partial charge in [-0.05, 0) is 12.8 Å². The molecule has 21 heavy (non-hydrogen) atoms. The Kier molecular flexibility index (Phi) is 3.85. The van der Waals surface area contributed by atoms with E-state index in [1.165, 1.54) is 43.1 Å². The third-order valence-corrected chi connectivity index (χ3v) is 3.82. The van der Waals surface area contributed by atoms with Gasteiger partial charge in [0.2, 0.25) is 5.95 Å². The Labute approximate surface area is 122 Å². The minimum Gasteiger partial charge on any atom is -0.291 e. The van der Waals surface area contributed by atoms with Crippen LogP contribution in [0.2, 0.25) is 0 Å². The van der Waals surface area contributed by atoms with Crippen molar-refractivity contribution in [1.29, 1.82) is 0 Å². The Morgan fingerprint density at radius 1 is 1.33 bits per heavy atom. The summed E-state index contributed by atoms with van der Waals surface area (Å²) in [5.41, 5.74) is 1.10. The molecule has 2 aromatic heterocycles. The van der Waals surface area contributed by atoms with Crippen molar-refractivity contribution in [2.24, 2.45) is 7.05 Å². The van der Waals surface area contributed by atoms with Gasteiger partial charge in [-0.2, -0.15) is 15.2 Å². The largest absolute Gasteiger partial charge is 0.327 e. The number of nitrogens with zero attached hydrogens (tertiary/aromatic N) is 4. The molecule has 2 aromatic rings. The van der Waals surface area contributed by atoms with E-state index >= 15 is 0 Å². The molecule has 0 unspecified atom stereocenters. The van der Waals surface area contributed by atoms with Gasteiger partial charge in [0.1, 0.15) is 6.33 Å². The molecule has 0 bridgehead atoms. The zero-order chi connectivity index (χ0) is 14.7. The first-order chi connectivity index (χ1) is 10.2. The number of hydrogen-bond acceptors (Lipinski definition) is 4. The van der Waals surface area contributed by atoms with Gasteiger partial charge in [0.05, 0.1) is 0 Å². The third kappa shape index (κ3) is 3.21. The van der Waals surface area contributed by atoms with Crippen molar-refractivity contribution in [1.82, 2.24) is 25.0 Å². The Morgan fingerprint density at radius 3 is 2.86 bits per heavy atom. The second-order valence-electron chi connectivity index (χ2n) is 5.33. The van der Waals surface area contributed by atoms with Crippen LogP contribution in [-0.4, -0.2) is 31.0 Å². The fourth-order valence-electron chi connectivity index (χ4n) is 2.68. The highest BCUT2D eigenvalue weighted by Crippen LogP contribution is 2.32. The molecule has 1 fully saturated rings. The van der Waals surface area contributed by atoms with E-state index in [-0.39, 0.29) is 6.03 Å². The predicted molar refractivity (Wildman–Crippen MR) is 78.1 cm³/mol. The SMILES string of the molecule is Cn1ncnc1NC(=O)Nc1cc(C2CCCCC2)[nH]n1. The summed E-state index contributed by atoms with van der Waals surface area (Å²) in [6, 6.07) is 1.53. The van der Waals surface area contributed by atoms with E-state index in [1.807, 2.05) is 6.07 Å². The molecule has 0 aromatic carbocycles. The van der Waals surface area contributed by atoms with Crippen molar-refractivity contribution < 1.29 is 4.79 Å². The number of hydrogen-bond donors (Lipinski definition) is 3. The van der Waals surface area contributed by atoms with Crippen LogP contribution in [0, 0.1) is 0 Å². The highest BCUT2D eigenvalue weighted by molar-refractivity contribution is 5.98. The number of aryl methyl sites for hydroxylation is 1. The van der Waals surface area contributed by atoms with Gasteiger partial charge < -0.3 is 0 Å². The molecule has 1 aliphatic carbocycles.